The summed E-state index contributed by atoms with van der Waals surface area (Å²) in [6.07, 6.45) is 1.68. The third-order valence-corrected chi connectivity index (χ3v) is 3.55. The first-order valence-electron chi connectivity index (χ1n) is 4.80. The highest BCUT2D eigenvalue weighted by Gasteiger charge is 2.12. The number of rotatable bonds is 2. The predicted molar refractivity (Wildman–Crippen MR) is 68.0 cm³/mol. The van der Waals surface area contributed by atoms with Gasteiger partial charge in [-0.1, -0.05) is 34.7 Å². The summed E-state index contributed by atoms with van der Waals surface area (Å²) in [5.41, 5.74) is 1.78. The van der Waals surface area contributed by atoms with E-state index >= 15 is 0 Å². The van der Waals surface area contributed by atoms with Crippen LogP contribution in [0.15, 0.2) is 40.4 Å². The van der Waals surface area contributed by atoms with Gasteiger partial charge in [0.05, 0.1) is 11.9 Å². The van der Waals surface area contributed by atoms with E-state index in [1.165, 1.54) is 11.3 Å². The number of hydrogen-bond acceptors (Lipinski definition) is 5. The second-order valence-corrected chi connectivity index (χ2v) is 5.48. The van der Waals surface area contributed by atoms with E-state index in [4.69, 9.17) is 0 Å². The summed E-state index contributed by atoms with van der Waals surface area (Å²) in [5, 5.41) is 16.8. The molecule has 17 heavy (non-hydrogen) atoms. The molecule has 0 aliphatic carbocycles. The first-order chi connectivity index (χ1) is 8.34. The highest BCUT2D eigenvalue weighted by molar-refractivity contribution is 9.11. The Balaban J connectivity index is 2.12. The number of para-hydroxylation sites is 1. The van der Waals surface area contributed by atoms with Crippen LogP contribution in [0.5, 0.6) is 0 Å². The molecule has 84 valence electrons. The van der Waals surface area contributed by atoms with Crippen molar-refractivity contribution in [1.29, 1.82) is 0 Å². The van der Waals surface area contributed by atoms with E-state index in [-0.39, 0.29) is 0 Å². The third-order valence-electron chi connectivity index (χ3n) is 2.17. The Morgan fingerprint density at radius 2 is 1.94 bits per heavy atom. The minimum atomic E-state index is 0.744. The number of benzene rings is 1. The normalized spacial score (nSPS) is 10.6. The molecule has 0 unspecified atom stereocenters. The van der Waals surface area contributed by atoms with Crippen LogP contribution in [0.25, 0.3) is 16.4 Å². The van der Waals surface area contributed by atoms with E-state index in [0.29, 0.717) is 0 Å². The SMILES string of the molecule is Brc1nnc(-c2cnnn2-c2ccccc2)s1. The zero-order chi connectivity index (χ0) is 11.7. The molecule has 0 atom stereocenters. The van der Waals surface area contributed by atoms with Crippen molar-refractivity contribution >= 4 is 27.3 Å². The number of nitrogens with zero attached hydrogens (tertiary/aromatic N) is 5. The average molecular weight is 308 g/mol. The summed E-state index contributed by atoms with van der Waals surface area (Å²) in [6.45, 7) is 0. The molecule has 0 saturated heterocycles. The van der Waals surface area contributed by atoms with Crippen LogP contribution in [0.4, 0.5) is 0 Å². The highest BCUT2D eigenvalue weighted by Crippen LogP contribution is 2.26. The standard InChI is InChI=1S/C10H6BrN5S/c11-10-14-13-9(17-10)8-6-12-15-16(8)7-4-2-1-3-5-7/h1-6H. The molecule has 1 aromatic carbocycles. The van der Waals surface area contributed by atoms with Gasteiger partial charge < -0.3 is 0 Å². The van der Waals surface area contributed by atoms with Crippen LogP contribution < -0.4 is 0 Å². The Morgan fingerprint density at radius 1 is 1.12 bits per heavy atom. The second-order valence-electron chi connectivity index (χ2n) is 3.23. The number of hydrogen-bond donors (Lipinski definition) is 0. The molecule has 0 spiro atoms. The van der Waals surface area contributed by atoms with E-state index in [1.807, 2.05) is 30.3 Å². The number of aromatic nitrogens is 5. The monoisotopic (exact) mass is 307 g/mol. The molecule has 0 aliphatic heterocycles. The molecule has 0 radical (unpaired) electrons. The zero-order valence-corrected chi connectivity index (χ0v) is 10.9. The summed E-state index contributed by atoms with van der Waals surface area (Å²) >= 11 is 4.74. The van der Waals surface area contributed by atoms with Gasteiger partial charge in [-0.3, -0.25) is 0 Å². The molecule has 5 nitrogen and oxygen atoms in total. The van der Waals surface area contributed by atoms with Crippen molar-refractivity contribution in [3.05, 3.63) is 40.4 Å². The van der Waals surface area contributed by atoms with Crippen molar-refractivity contribution < 1.29 is 0 Å². The lowest BCUT2D eigenvalue weighted by molar-refractivity contribution is 0.806. The maximum absolute atomic E-state index is 4.07. The van der Waals surface area contributed by atoms with Gasteiger partial charge in [0.1, 0.15) is 5.69 Å². The zero-order valence-electron chi connectivity index (χ0n) is 8.49. The van der Waals surface area contributed by atoms with Crippen molar-refractivity contribution in [3.8, 4) is 16.4 Å². The van der Waals surface area contributed by atoms with Crippen LogP contribution >= 0.6 is 27.3 Å². The lowest BCUT2D eigenvalue weighted by atomic mass is 10.3. The molecule has 0 bridgehead atoms. The molecule has 2 heterocycles. The van der Waals surface area contributed by atoms with E-state index in [0.717, 1.165) is 20.3 Å². The second kappa shape index (κ2) is 4.34. The molecule has 7 heteroatoms. The van der Waals surface area contributed by atoms with E-state index in [1.54, 1.807) is 10.9 Å². The van der Waals surface area contributed by atoms with Crippen LogP contribution in [0, 0.1) is 0 Å². The maximum Gasteiger partial charge on any atom is 0.183 e. The van der Waals surface area contributed by atoms with Crippen molar-refractivity contribution in [2.75, 3.05) is 0 Å². The van der Waals surface area contributed by atoms with Crippen molar-refractivity contribution in [2.45, 2.75) is 0 Å². The van der Waals surface area contributed by atoms with Crippen LogP contribution in [-0.4, -0.2) is 25.2 Å². The van der Waals surface area contributed by atoms with E-state index in [2.05, 4.69) is 36.4 Å². The van der Waals surface area contributed by atoms with Crippen LogP contribution in [0.2, 0.25) is 0 Å². The minimum Gasteiger partial charge on any atom is -0.210 e. The Bertz CT molecular complexity index is 633. The quantitative estimate of drug-likeness (QED) is 0.730. The van der Waals surface area contributed by atoms with Gasteiger partial charge in [-0.25, -0.2) is 4.68 Å². The third kappa shape index (κ3) is 1.98. The van der Waals surface area contributed by atoms with Gasteiger partial charge >= 0.3 is 0 Å². The first-order valence-corrected chi connectivity index (χ1v) is 6.41. The lowest BCUT2D eigenvalue weighted by Gasteiger charge is -2.02. The lowest BCUT2D eigenvalue weighted by Crippen LogP contribution is -1.98. The molecule has 0 aliphatic rings. The summed E-state index contributed by atoms with van der Waals surface area (Å²) in [5.74, 6) is 0. The minimum absolute atomic E-state index is 0.744. The highest BCUT2D eigenvalue weighted by atomic mass is 79.9. The van der Waals surface area contributed by atoms with Gasteiger partial charge in [0.15, 0.2) is 8.92 Å². The Hall–Kier alpha value is -1.60. The van der Waals surface area contributed by atoms with Crippen molar-refractivity contribution in [2.24, 2.45) is 0 Å². The van der Waals surface area contributed by atoms with Gasteiger partial charge in [0.2, 0.25) is 0 Å². The molecular weight excluding hydrogens is 302 g/mol. The largest absolute Gasteiger partial charge is 0.210 e. The molecular formula is C10H6BrN5S. The van der Waals surface area contributed by atoms with E-state index < -0.39 is 0 Å². The maximum atomic E-state index is 4.07. The predicted octanol–water partition coefficient (Wildman–Crippen LogP) is 2.55. The fraction of sp³-hybridized carbons (Fsp3) is 0. The molecule has 0 N–H and O–H groups in total. The molecule has 0 saturated carbocycles. The smallest absolute Gasteiger partial charge is 0.183 e. The van der Waals surface area contributed by atoms with Gasteiger partial charge in [-0.15, -0.1) is 15.3 Å². The van der Waals surface area contributed by atoms with E-state index in [9.17, 15) is 0 Å². The van der Waals surface area contributed by atoms with Gasteiger partial charge in [-0.05, 0) is 28.1 Å². The van der Waals surface area contributed by atoms with Crippen molar-refractivity contribution in [3.63, 3.8) is 0 Å². The fourth-order valence-electron chi connectivity index (χ4n) is 1.45. The van der Waals surface area contributed by atoms with Crippen LogP contribution in [-0.2, 0) is 0 Å². The Labute approximate surface area is 109 Å². The Kier molecular flexibility index (Phi) is 2.69. The van der Waals surface area contributed by atoms with Gasteiger partial charge in [0, 0.05) is 0 Å². The summed E-state index contributed by atoms with van der Waals surface area (Å²) < 4.78 is 2.49. The first kappa shape index (κ1) is 10.5. The van der Waals surface area contributed by atoms with Crippen LogP contribution in [0.1, 0.15) is 0 Å². The fourth-order valence-corrected chi connectivity index (χ4v) is 2.56. The van der Waals surface area contributed by atoms with Gasteiger partial charge in [-0.2, -0.15) is 0 Å². The van der Waals surface area contributed by atoms with Crippen molar-refractivity contribution in [1.82, 2.24) is 25.2 Å². The molecule has 3 rings (SSSR count). The molecule has 0 amide bonds. The topological polar surface area (TPSA) is 56.5 Å². The summed E-state index contributed by atoms with van der Waals surface area (Å²) in [6, 6.07) is 9.80. The summed E-state index contributed by atoms with van der Waals surface area (Å²) in [4.78, 5) is 0. The Morgan fingerprint density at radius 3 is 2.65 bits per heavy atom. The van der Waals surface area contributed by atoms with Crippen LogP contribution in [0.3, 0.4) is 0 Å². The molecule has 0 fully saturated rings. The average Bonchev–Trinajstić information content (AvgIpc) is 2.98. The summed E-state index contributed by atoms with van der Waals surface area (Å²) in [7, 11) is 0. The molecule has 3 aromatic rings. The molecule has 2 aromatic heterocycles. The number of halogens is 1. The van der Waals surface area contributed by atoms with Gasteiger partial charge in [0.25, 0.3) is 0 Å².